The maximum absolute atomic E-state index is 13.8. The lowest BCUT2D eigenvalue weighted by atomic mass is 10.2. The van der Waals surface area contributed by atoms with Crippen molar-refractivity contribution >= 4 is 11.6 Å². The van der Waals surface area contributed by atoms with E-state index < -0.39 is 0 Å². The number of amides is 1. The summed E-state index contributed by atoms with van der Waals surface area (Å²) in [5.74, 6) is 0.210. The number of carbonyl (C=O) groups excluding carboxylic acids is 1. The minimum atomic E-state index is -0.244. The Bertz CT molecular complexity index is 778. The van der Waals surface area contributed by atoms with Crippen LogP contribution in [0, 0.1) is 17.1 Å². The second-order valence-electron chi connectivity index (χ2n) is 5.74. The average molecular weight is 339 g/mol. The number of carbonyl (C=O) groups is 1. The van der Waals surface area contributed by atoms with E-state index in [4.69, 9.17) is 10.00 Å². The van der Waals surface area contributed by atoms with Gasteiger partial charge in [0.15, 0.2) is 6.61 Å². The topological polar surface area (TPSA) is 56.6 Å². The molecule has 5 nitrogen and oxygen atoms in total. The van der Waals surface area contributed by atoms with Crippen molar-refractivity contribution in [1.29, 1.82) is 5.26 Å². The van der Waals surface area contributed by atoms with E-state index in [2.05, 4.69) is 0 Å². The number of piperazine rings is 1. The molecule has 1 aliphatic heterocycles. The molecule has 0 aliphatic carbocycles. The monoisotopic (exact) mass is 339 g/mol. The highest BCUT2D eigenvalue weighted by atomic mass is 19.1. The van der Waals surface area contributed by atoms with Gasteiger partial charge in [-0.15, -0.1) is 0 Å². The van der Waals surface area contributed by atoms with Crippen LogP contribution < -0.4 is 9.64 Å². The van der Waals surface area contributed by atoms with E-state index in [1.165, 1.54) is 6.07 Å². The molecule has 0 saturated carbocycles. The molecule has 1 amide bonds. The molecule has 0 N–H and O–H groups in total. The van der Waals surface area contributed by atoms with Crippen LogP contribution >= 0.6 is 0 Å². The number of hydrogen-bond donors (Lipinski definition) is 0. The number of nitrogens with zero attached hydrogens (tertiary/aromatic N) is 3. The molecular formula is C19H18FN3O2. The zero-order valence-corrected chi connectivity index (χ0v) is 13.7. The van der Waals surface area contributed by atoms with Gasteiger partial charge in [-0.25, -0.2) is 4.39 Å². The Morgan fingerprint density at radius 1 is 1.08 bits per heavy atom. The van der Waals surface area contributed by atoms with Crippen molar-refractivity contribution in [1.82, 2.24) is 4.90 Å². The van der Waals surface area contributed by atoms with E-state index in [9.17, 15) is 9.18 Å². The van der Waals surface area contributed by atoms with Crippen molar-refractivity contribution in [3.63, 3.8) is 0 Å². The average Bonchev–Trinajstić information content (AvgIpc) is 2.67. The van der Waals surface area contributed by atoms with E-state index in [0.717, 1.165) is 0 Å². The van der Waals surface area contributed by atoms with Crippen molar-refractivity contribution in [3.05, 3.63) is 59.9 Å². The largest absolute Gasteiger partial charge is 0.484 e. The lowest BCUT2D eigenvalue weighted by molar-refractivity contribution is -0.133. The number of nitriles is 1. The number of anilines is 1. The Balaban J connectivity index is 1.50. The lowest BCUT2D eigenvalue weighted by Crippen LogP contribution is -2.50. The third-order valence-electron chi connectivity index (χ3n) is 4.17. The summed E-state index contributed by atoms with van der Waals surface area (Å²) in [4.78, 5) is 15.9. The first-order valence-corrected chi connectivity index (χ1v) is 8.07. The number of para-hydroxylation sites is 1. The van der Waals surface area contributed by atoms with Gasteiger partial charge in [0.05, 0.1) is 17.3 Å². The molecule has 1 fully saturated rings. The third kappa shape index (κ3) is 4.07. The quantitative estimate of drug-likeness (QED) is 0.858. The predicted molar refractivity (Wildman–Crippen MR) is 91.8 cm³/mol. The summed E-state index contributed by atoms with van der Waals surface area (Å²) >= 11 is 0. The van der Waals surface area contributed by atoms with Gasteiger partial charge in [0.1, 0.15) is 11.6 Å². The molecule has 3 rings (SSSR count). The number of halogens is 1. The van der Waals surface area contributed by atoms with Gasteiger partial charge in [-0.3, -0.25) is 4.79 Å². The number of benzene rings is 2. The Kier molecular flexibility index (Phi) is 5.14. The van der Waals surface area contributed by atoms with Gasteiger partial charge >= 0.3 is 0 Å². The summed E-state index contributed by atoms with van der Waals surface area (Å²) in [5.41, 5.74) is 1.12. The molecule has 25 heavy (non-hydrogen) atoms. The lowest BCUT2D eigenvalue weighted by Gasteiger charge is -2.36. The molecular weight excluding hydrogens is 321 g/mol. The summed E-state index contributed by atoms with van der Waals surface area (Å²) in [6.45, 7) is 2.19. The van der Waals surface area contributed by atoms with Crippen molar-refractivity contribution in [2.24, 2.45) is 0 Å². The fourth-order valence-electron chi connectivity index (χ4n) is 2.77. The van der Waals surface area contributed by atoms with Crippen LogP contribution in [0.25, 0.3) is 0 Å². The fourth-order valence-corrected chi connectivity index (χ4v) is 2.77. The number of ether oxygens (including phenoxy) is 1. The minimum absolute atomic E-state index is 0.0500. The van der Waals surface area contributed by atoms with Gasteiger partial charge in [-0.05, 0) is 36.4 Å². The molecule has 1 saturated heterocycles. The molecule has 6 heteroatoms. The highest BCUT2D eigenvalue weighted by Crippen LogP contribution is 2.20. The van der Waals surface area contributed by atoms with Crippen molar-refractivity contribution in [2.75, 3.05) is 37.7 Å². The SMILES string of the molecule is N#Cc1ccc(OCC(=O)N2CCN(c3ccccc3F)CC2)cc1. The van der Waals surface area contributed by atoms with Crippen molar-refractivity contribution in [3.8, 4) is 11.8 Å². The van der Waals surface area contributed by atoms with E-state index in [0.29, 0.717) is 43.2 Å². The Morgan fingerprint density at radius 3 is 2.40 bits per heavy atom. The first kappa shape index (κ1) is 16.8. The van der Waals surface area contributed by atoms with E-state index in [-0.39, 0.29) is 18.3 Å². The molecule has 0 spiro atoms. The summed E-state index contributed by atoms with van der Waals surface area (Å²) < 4.78 is 19.3. The normalized spacial score (nSPS) is 14.1. The molecule has 0 atom stereocenters. The maximum Gasteiger partial charge on any atom is 0.260 e. The highest BCUT2D eigenvalue weighted by Gasteiger charge is 2.22. The number of hydrogen-bond acceptors (Lipinski definition) is 4. The molecule has 0 unspecified atom stereocenters. The predicted octanol–water partition coefficient (Wildman–Crippen LogP) is 2.42. The van der Waals surface area contributed by atoms with Crippen molar-refractivity contribution < 1.29 is 13.9 Å². The highest BCUT2D eigenvalue weighted by molar-refractivity contribution is 5.78. The summed E-state index contributed by atoms with van der Waals surface area (Å²) in [6.07, 6.45) is 0. The third-order valence-corrected chi connectivity index (χ3v) is 4.17. The maximum atomic E-state index is 13.8. The Morgan fingerprint density at radius 2 is 1.76 bits per heavy atom. The summed E-state index contributed by atoms with van der Waals surface area (Å²) in [6, 6.07) is 15.3. The summed E-state index contributed by atoms with van der Waals surface area (Å²) in [5, 5.41) is 8.76. The second kappa shape index (κ2) is 7.67. The van der Waals surface area contributed by atoms with Crippen LogP contribution in [0.2, 0.25) is 0 Å². The van der Waals surface area contributed by atoms with E-state index >= 15 is 0 Å². The van der Waals surface area contributed by atoms with Crippen LogP contribution in [0.3, 0.4) is 0 Å². The molecule has 128 valence electrons. The van der Waals surface area contributed by atoms with Gasteiger partial charge in [0.25, 0.3) is 5.91 Å². The zero-order valence-electron chi connectivity index (χ0n) is 13.7. The zero-order chi connectivity index (χ0) is 17.6. The van der Waals surface area contributed by atoms with Crippen LogP contribution in [-0.2, 0) is 4.79 Å². The van der Waals surface area contributed by atoms with Crippen molar-refractivity contribution in [2.45, 2.75) is 0 Å². The van der Waals surface area contributed by atoms with E-state index in [1.807, 2.05) is 11.0 Å². The van der Waals surface area contributed by atoms with Crippen LogP contribution in [0.15, 0.2) is 48.5 Å². The van der Waals surface area contributed by atoms with Gasteiger partial charge in [-0.2, -0.15) is 5.26 Å². The van der Waals surface area contributed by atoms with E-state index in [1.54, 1.807) is 47.4 Å². The molecule has 0 radical (unpaired) electrons. The molecule has 1 aliphatic rings. The van der Waals surface area contributed by atoms with Crippen LogP contribution in [0.1, 0.15) is 5.56 Å². The first-order chi connectivity index (χ1) is 12.2. The van der Waals surface area contributed by atoms with Crippen LogP contribution in [-0.4, -0.2) is 43.6 Å². The molecule has 0 bridgehead atoms. The fraction of sp³-hybridized carbons (Fsp3) is 0.263. The van der Waals surface area contributed by atoms with Gasteiger partial charge in [-0.1, -0.05) is 12.1 Å². The van der Waals surface area contributed by atoms with Gasteiger partial charge in [0.2, 0.25) is 0 Å². The Hall–Kier alpha value is -3.07. The second-order valence-corrected chi connectivity index (χ2v) is 5.74. The summed E-state index contributed by atoms with van der Waals surface area (Å²) in [7, 11) is 0. The number of rotatable bonds is 4. The van der Waals surface area contributed by atoms with Crippen LogP contribution in [0.4, 0.5) is 10.1 Å². The molecule has 2 aromatic rings. The van der Waals surface area contributed by atoms with Gasteiger partial charge < -0.3 is 14.5 Å². The Labute approximate surface area is 145 Å². The molecule has 0 aromatic heterocycles. The smallest absolute Gasteiger partial charge is 0.260 e. The van der Waals surface area contributed by atoms with Gasteiger partial charge in [0, 0.05) is 26.2 Å². The minimum Gasteiger partial charge on any atom is -0.484 e. The van der Waals surface area contributed by atoms with Crippen LogP contribution in [0.5, 0.6) is 5.75 Å². The first-order valence-electron chi connectivity index (χ1n) is 8.07. The molecule has 2 aromatic carbocycles. The standard InChI is InChI=1S/C19H18FN3O2/c20-17-3-1-2-4-18(17)22-9-11-23(12-10-22)19(24)14-25-16-7-5-15(13-21)6-8-16/h1-8H,9-12,14H2. The molecule has 1 heterocycles.